The van der Waals surface area contributed by atoms with Crippen LogP contribution in [0.4, 0.5) is 0 Å². The first-order valence-electron chi connectivity index (χ1n) is 8.97. The molecule has 5 nitrogen and oxygen atoms in total. The Bertz CT molecular complexity index is 583. The van der Waals surface area contributed by atoms with Gasteiger partial charge in [0.2, 0.25) is 5.91 Å². The summed E-state index contributed by atoms with van der Waals surface area (Å²) >= 11 is 5.95. The predicted octanol–water partition coefficient (Wildman–Crippen LogP) is 2.13. The second-order valence-electron chi connectivity index (χ2n) is 7.26. The first-order chi connectivity index (χ1) is 11.7. The Hall–Kier alpha value is -0.850. The molecule has 0 spiro atoms. The summed E-state index contributed by atoms with van der Waals surface area (Å²) in [4.78, 5) is 15.0. The zero-order valence-corrected chi connectivity index (χ0v) is 15.8. The van der Waals surface area contributed by atoms with E-state index in [1.165, 1.54) is 5.56 Å². The minimum atomic E-state index is -0.137. The molecule has 0 aliphatic carbocycles. The highest BCUT2D eigenvalue weighted by Crippen LogP contribution is 2.29. The second-order valence-corrected chi connectivity index (χ2v) is 7.70. The van der Waals surface area contributed by atoms with Crippen LogP contribution in [0.15, 0.2) is 24.3 Å². The average molecular weight is 385 g/mol. The number of nitrogens with one attached hydrogen (secondary N) is 3. The molecule has 3 N–H and O–H groups in total. The van der Waals surface area contributed by atoms with Crippen LogP contribution in [0.25, 0.3) is 0 Å². The number of fused-ring (bicyclic) bond motifs is 1. The fraction of sp³-hybridized carbons (Fsp3) is 0.611. The van der Waals surface area contributed by atoms with Crippen LogP contribution in [0.1, 0.15) is 30.9 Å². The van der Waals surface area contributed by atoms with Crippen LogP contribution in [0.2, 0.25) is 5.02 Å². The molecule has 0 bridgehead atoms. The zero-order chi connectivity index (χ0) is 16.5. The van der Waals surface area contributed by atoms with Crippen LogP contribution in [0, 0.1) is 11.8 Å². The number of halogens is 2. The number of amides is 1. The lowest BCUT2D eigenvalue weighted by molar-refractivity contribution is -0.133. The molecule has 3 saturated heterocycles. The van der Waals surface area contributed by atoms with Crippen molar-refractivity contribution < 1.29 is 4.79 Å². The number of rotatable bonds is 2. The van der Waals surface area contributed by atoms with Crippen LogP contribution in [-0.4, -0.2) is 43.0 Å². The van der Waals surface area contributed by atoms with E-state index in [2.05, 4.69) is 21.1 Å². The van der Waals surface area contributed by atoms with E-state index in [1.807, 2.05) is 24.3 Å². The third kappa shape index (κ3) is 4.12. The monoisotopic (exact) mass is 384 g/mol. The molecule has 3 heterocycles. The van der Waals surface area contributed by atoms with Gasteiger partial charge in [-0.15, -0.1) is 12.4 Å². The predicted molar refractivity (Wildman–Crippen MR) is 102 cm³/mol. The number of hydrogen-bond acceptors (Lipinski definition) is 4. The molecule has 1 aromatic rings. The van der Waals surface area contributed by atoms with E-state index in [0.29, 0.717) is 0 Å². The molecule has 138 valence electrons. The Kier molecular flexibility index (Phi) is 6.23. The van der Waals surface area contributed by atoms with E-state index < -0.39 is 0 Å². The van der Waals surface area contributed by atoms with Gasteiger partial charge >= 0.3 is 0 Å². The lowest BCUT2D eigenvalue weighted by Gasteiger charge is -2.24. The Morgan fingerprint density at radius 2 is 1.68 bits per heavy atom. The number of hydrazine groups is 1. The Morgan fingerprint density at radius 3 is 2.32 bits per heavy atom. The van der Waals surface area contributed by atoms with Crippen molar-refractivity contribution in [2.45, 2.75) is 31.3 Å². The maximum atomic E-state index is 12.9. The summed E-state index contributed by atoms with van der Waals surface area (Å²) in [6, 6.07) is 7.86. The van der Waals surface area contributed by atoms with E-state index >= 15 is 0 Å². The van der Waals surface area contributed by atoms with E-state index in [1.54, 1.807) is 0 Å². The number of likely N-dealkylation sites (tertiary alicyclic amines) is 1. The topological polar surface area (TPSA) is 56.4 Å². The fourth-order valence-electron chi connectivity index (χ4n) is 4.29. The number of nitrogens with zero attached hydrogens (tertiary/aromatic N) is 1. The van der Waals surface area contributed by atoms with Crippen LogP contribution < -0.4 is 16.2 Å². The van der Waals surface area contributed by atoms with Gasteiger partial charge < -0.3 is 10.2 Å². The van der Waals surface area contributed by atoms with Crippen LogP contribution in [0.3, 0.4) is 0 Å². The quantitative estimate of drug-likeness (QED) is 0.730. The average Bonchev–Trinajstić information content (AvgIpc) is 3.21. The molecule has 3 aliphatic rings. The summed E-state index contributed by atoms with van der Waals surface area (Å²) in [5.41, 5.74) is 7.63. The normalized spacial score (nSPS) is 32.0. The minimum Gasteiger partial charge on any atom is -0.341 e. The third-order valence-electron chi connectivity index (χ3n) is 5.80. The first kappa shape index (κ1) is 18.9. The lowest BCUT2D eigenvalue weighted by atomic mass is 9.92. The van der Waals surface area contributed by atoms with E-state index in [4.69, 9.17) is 11.6 Å². The number of hydrogen-bond donors (Lipinski definition) is 3. The minimum absolute atomic E-state index is 0. The van der Waals surface area contributed by atoms with Crippen LogP contribution in [0.5, 0.6) is 0 Å². The maximum Gasteiger partial charge on any atom is 0.241 e. The highest BCUT2D eigenvalue weighted by atomic mass is 35.5. The van der Waals surface area contributed by atoms with Gasteiger partial charge in [-0.3, -0.25) is 4.79 Å². The van der Waals surface area contributed by atoms with Crippen molar-refractivity contribution in [1.29, 1.82) is 0 Å². The molecule has 4 rings (SSSR count). The van der Waals surface area contributed by atoms with Gasteiger partial charge in [-0.2, -0.15) is 0 Å². The van der Waals surface area contributed by atoms with Crippen LogP contribution in [-0.2, 0) is 4.79 Å². The second kappa shape index (κ2) is 8.23. The largest absolute Gasteiger partial charge is 0.341 e. The Morgan fingerprint density at radius 1 is 1.04 bits per heavy atom. The first-order valence-corrected chi connectivity index (χ1v) is 9.34. The molecule has 4 atom stereocenters. The van der Waals surface area contributed by atoms with Gasteiger partial charge in [-0.1, -0.05) is 23.7 Å². The SMILES string of the molecule is Cl.O=C(C1CC(c2ccc(Cl)cc2)NN1)N1CC[C@@H]2CNC[C@@H]2CC1. The molecule has 3 fully saturated rings. The van der Waals surface area contributed by atoms with Crippen molar-refractivity contribution >= 4 is 29.9 Å². The van der Waals surface area contributed by atoms with Crippen molar-refractivity contribution in [2.24, 2.45) is 11.8 Å². The van der Waals surface area contributed by atoms with Crippen molar-refractivity contribution in [3.63, 3.8) is 0 Å². The molecule has 0 saturated carbocycles. The molecule has 1 aromatic carbocycles. The molecule has 25 heavy (non-hydrogen) atoms. The van der Waals surface area contributed by atoms with Gasteiger partial charge in [0.25, 0.3) is 0 Å². The fourth-order valence-corrected chi connectivity index (χ4v) is 4.42. The summed E-state index contributed by atoms with van der Waals surface area (Å²) in [5, 5.41) is 4.22. The number of carbonyl (C=O) groups is 1. The zero-order valence-electron chi connectivity index (χ0n) is 14.2. The highest BCUT2D eigenvalue weighted by molar-refractivity contribution is 6.30. The summed E-state index contributed by atoms with van der Waals surface area (Å²) in [5.74, 6) is 1.74. The van der Waals surface area contributed by atoms with Gasteiger partial charge in [-0.05, 0) is 61.9 Å². The van der Waals surface area contributed by atoms with Gasteiger partial charge in [0.1, 0.15) is 6.04 Å². The molecule has 0 aromatic heterocycles. The van der Waals surface area contributed by atoms with Crippen molar-refractivity contribution in [1.82, 2.24) is 21.1 Å². The van der Waals surface area contributed by atoms with E-state index in [0.717, 1.165) is 62.3 Å². The third-order valence-corrected chi connectivity index (χ3v) is 6.06. The lowest BCUT2D eigenvalue weighted by Crippen LogP contribution is -2.46. The summed E-state index contributed by atoms with van der Waals surface area (Å²) < 4.78 is 0. The van der Waals surface area contributed by atoms with Crippen molar-refractivity contribution in [3.8, 4) is 0 Å². The smallest absolute Gasteiger partial charge is 0.241 e. The highest BCUT2D eigenvalue weighted by Gasteiger charge is 2.36. The van der Waals surface area contributed by atoms with Crippen LogP contribution >= 0.6 is 24.0 Å². The van der Waals surface area contributed by atoms with Gasteiger partial charge in [-0.25, -0.2) is 10.9 Å². The summed E-state index contributed by atoms with van der Waals surface area (Å²) in [6.07, 6.45) is 3.04. The molecule has 0 radical (unpaired) electrons. The Balaban J connectivity index is 0.00000182. The maximum absolute atomic E-state index is 12.9. The van der Waals surface area contributed by atoms with Crippen molar-refractivity contribution in [2.75, 3.05) is 26.2 Å². The van der Waals surface area contributed by atoms with Gasteiger partial charge in [0.05, 0.1) is 0 Å². The number of carbonyl (C=O) groups excluding carboxylic acids is 1. The molecule has 7 heteroatoms. The summed E-state index contributed by atoms with van der Waals surface area (Å²) in [7, 11) is 0. The van der Waals surface area contributed by atoms with Gasteiger partial charge in [0, 0.05) is 24.2 Å². The molecule has 1 amide bonds. The molecular formula is C18H26Cl2N4O. The standard InChI is InChI=1S/C18H25ClN4O.ClH/c19-15-3-1-12(2-4-15)16-9-17(22-21-16)18(24)23-7-5-13-10-20-11-14(13)6-8-23;/h1-4,13-14,16-17,20-22H,5-11H2;1H/t13-,14+,16?,17?;. The molecular weight excluding hydrogens is 359 g/mol. The molecule has 2 unspecified atom stereocenters. The van der Waals surface area contributed by atoms with E-state index in [-0.39, 0.29) is 30.4 Å². The van der Waals surface area contributed by atoms with E-state index in [9.17, 15) is 4.79 Å². The number of benzene rings is 1. The summed E-state index contributed by atoms with van der Waals surface area (Å²) in [6.45, 7) is 4.03. The Labute approximate surface area is 160 Å². The molecule has 3 aliphatic heterocycles. The van der Waals surface area contributed by atoms with Gasteiger partial charge in [0.15, 0.2) is 0 Å². The van der Waals surface area contributed by atoms with Crippen molar-refractivity contribution in [3.05, 3.63) is 34.9 Å².